The number of aliphatic hydroxyl groups is 1. The second kappa shape index (κ2) is 9.61. The van der Waals surface area contributed by atoms with E-state index in [2.05, 4.69) is 4.90 Å². The van der Waals surface area contributed by atoms with Crippen LogP contribution >= 0.6 is 35.6 Å². The van der Waals surface area contributed by atoms with Gasteiger partial charge in [0.15, 0.2) is 0 Å². The van der Waals surface area contributed by atoms with Gasteiger partial charge in [0.1, 0.15) is 0 Å². The van der Waals surface area contributed by atoms with Crippen molar-refractivity contribution in [1.29, 1.82) is 0 Å². The minimum atomic E-state index is -0.167. The Kier molecular flexibility index (Phi) is 8.12. The van der Waals surface area contributed by atoms with E-state index in [0.717, 1.165) is 37.9 Å². The summed E-state index contributed by atoms with van der Waals surface area (Å²) in [5, 5.41) is 11.2. The summed E-state index contributed by atoms with van der Waals surface area (Å²) in [5.41, 5.74) is 0.972. The second-order valence-electron chi connectivity index (χ2n) is 6.65. The summed E-state index contributed by atoms with van der Waals surface area (Å²) in [4.78, 5) is 2.41. The molecule has 1 aliphatic carbocycles. The summed E-state index contributed by atoms with van der Waals surface area (Å²) in [7, 11) is 0. The number of β-amino-alcohol motifs (C(OH)–C–C–N with tert-alkyl or cyclic N) is 1. The molecule has 0 aromatic heterocycles. The first-order valence-electron chi connectivity index (χ1n) is 8.62. The van der Waals surface area contributed by atoms with Gasteiger partial charge in [0.05, 0.1) is 18.8 Å². The maximum atomic E-state index is 9.79. The maximum Gasteiger partial charge on any atom is 0.0730 e. The van der Waals surface area contributed by atoms with E-state index >= 15 is 0 Å². The molecule has 1 heterocycles. The predicted molar refractivity (Wildman–Crippen MR) is 102 cm³/mol. The summed E-state index contributed by atoms with van der Waals surface area (Å²) in [6.45, 7) is 2.42. The van der Waals surface area contributed by atoms with E-state index in [1.54, 1.807) is 0 Å². The Hall–Kier alpha value is -0.0300. The number of aliphatic hydroxyl groups excluding tert-OH is 1. The Bertz CT molecular complexity index is 509. The monoisotopic (exact) mass is 393 g/mol. The topological polar surface area (TPSA) is 32.7 Å². The standard InChI is InChI=1S/C18H25Cl2NO2.ClH/c19-15-4-3-5-16(20)14(15)9-11-23-18-7-2-1-6-17(18)21-10-8-13(22)12-21;/h3-5,13,17-18,22H,1-2,6-12H2;1H. The van der Waals surface area contributed by atoms with Crippen LogP contribution in [-0.4, -0.2) is 48.0 Å². The Morgan fingerprint density at radius 2 is 1.83 bits per heavy atom. The minimum Gasteiger partial charge on any atom is -0.392 e. The molecule has 0 radical (unpaired) electrons. The van der Waals surface area contributed by atoms with Crippen LogP contribution < -0.4 is 0 Å². The van der Waals surface area contributed by atoms with Gasteiger partial charge in [-0.05, 0) is 43.4 Å². The van der Waals surface area contributed by atoms with Crippen molar-refractivity contribution in [1.82, 2.24) is 4.90 Å². The number of benzene rings is 1. The van der Waals surface area contributed by atoms with Crippen molar-refractivity contribution in [2.45, 2.75) is 56.8 Å². The van der Waals surface area contributed by atoms with Crippen LogP contribution in [0.2, 0.25) is 10.0 Å². The summed E-state index contributed by atoms with van der Waals surface area (Å²) >= 11 is 12.4. The molecule has 2 fully saturated rings. The van der Waals surface area contributed by atoms with Crippen LogP contribution in [-0.2, 0) is 11.2 Å². The van der Waals surface area contributed by atoms with Gasteiger partial charge >= 0.3 is 0 Å². The highest BCUT2D eigenvalue weighted by Gasteiger charge is 2.34. The Labute approximate surface area is 160 Å². The lowest BCUT2D eigenvalue weighted by Gasteiger charge is -2.37. The van der Waals surface area contributed by atoms with Crippen LogP contribution in [0.3, 0.4) is 0 Å². The van der Waals surface area contributed by atoms with E-state index in [1.807, 2.05) is 18.2 Å². The van der Waals surface area contributed by atoms with Crippen LogP contribution in [0, 0.1) is 0 Å². The third kappa shape index (κ3) is 5.00. The van der Waals surface area contributed by atoms with Gasteiger partial charge in [-0.1, -0.05) is 42.1 Å². The quantitative estimate of drug-likeness (QED) is 0.806. The molecule has 3 nitrogen and oxygen atoms in total. The zero-order valence-electron chi connectivity index (χ0n) is 13.8. The molecule has 1 saturated carbocycles. The van der Waals surface area contributed by atoms with Gasteiger partial charge in [-0.25, -0.2) is 0 Å². The average Bonchev–Trinajstić information content (AvgIpc) is 2.97. The number of ether oxygens (including phenoxy) is 1. The average molecular weight is 395 g/mol. The van der Waals surface area contributed by atoms with Gasteiger partial charge in [0.25, 0.3) is 0 Å². The van der Waals surface area contributed by atoms with Crippen molar-refractivity contribution in [3.05, 3.63) is 33.8 Å². The zero-order valence-corrected chi connectivity index (χ0v) is 16.1. The number of rotatable bonds is 5. The van der Waals surface area contributed by atoms with Crippen LogP contribution in [0.15, 0.2) is 18.2 Å². The molecule has 6 heteroatoms. The van der Waals surface area contributed by atoms with Gasteiger partial charge in [-0.15, -0.1) is 12.4 Å². The van der Waals surface area contributed by atoms with Crippen LogP contribution in [0.1, 0.15) is 37.7 Å². The van der Waals surface area contributed by atoms with Gasteiger partial charge < -0.3 is 9.84 Å². The highest BCUT2D eigenvalue weighted by atomic mass is 35.5. The molecule has 1 aliphatic heterocycles. The van der Waals surface area contributed by atoms with Crippen LogP contribution in [0.4, 0.5) is 0 Å². The van der Waals surface area contributed by atoms with Gasteiger partial charge in [0.2, 0.25) is 0 Å². The third-order valence-electron chi connectivity index (χ3n) is 5.08. The van der Waals surface area contributed by atoms with Crippen molar-refractivity contribution in [3.63, 3.8) is 0 Å². The second-order valence-corrected chi connectivity index (χ2v) is 7.46. The molecule has 0 bridgehead atoms. The first-order chi connectivity index (χ1) is 11.1. The normalized spacial score (nSPS) is 27.9. The van der Waals surface area contributed by atoms with E-state index in [4.69, 9.17) is 27.9 Å². The van der Waals surface area contributed by atoms with Gasteiger partial charge in [-0.3, -0.25) is 4.90 Å². The third-order valence-corrected chi connectivity index (χ3v) is 5.79. The number of likely N-dealkylation sites (tertiary alicyclic amines) is 1. The first kappa shape index (κ1) is 20.3. The lowest BCUT2D eigenvalue weighted by atomic mass is 9.91. The van der Waals surface area contributed by atoms with E-state index in [0.29, 0.717) is 22.7 Å². The summed E-state index contributed by atoms with van der Waals surface area (Å²) in [5.74, 6) is 0. The molecule has 3 atom stereocenters. The highest BCUT2D eigenvalue weighted by Crippen LogP contribution is 2.29. The molecular weight excluding hydrogens is 369 g/mol. The SMILES string of the molecule is Cl.OC1CCN(C2CCCCC2OCCc2c(Cl)cccc2Cl)C1. The molecule has 1 aromatic rings. The van der Waals surface area contributed by atoms with Gasteiger partial charge in [0, 0.05) is 29.2 Å². The minimum absolute atomic E-state index is 0. The fourth-order valence-electron chi connectivity index (χ4n) is 3.84. The van der Waals surface area contributed by atoms with E-state index in [1.165, 1.54) is 19.3 Å². The highest BCUT2D eigenvalue weighted by molar-refractivity contribution is 6.35. The van der Waals surface area contributed by atoms with Crippen LogP contribution in [0.5, 0.6) is 0 Å². The molecule has 136 valence electrons. The van der Waals surface area contributed by atoms with E-state index in [-0.39, 0.29) is 24.6 Å². The molecule has 24 heavy (non-hydrogen) atoms. The molecule has 1 N–H and O–H groups in total. The van der Waals surface area contributed by atoms with Crippen LogP contribution in [0.25, 0.3) is 0 Å². The lowest BCUT2D eigenvalue weighted by Crippen LogP contribution is -2.46. The number of nitrogens with zero attached hydrogens (tertiary/aromatic N) is 1. The largest absolute Gasteiger partial charge is 0.392 e. The molecule has 0 amide bonds. The summed E-state index contributed by atoms with van der Waals surface area (Å²) in [6.07, 6.45) is 6.48. The predicted octanol–water partition coefficient (Wildman–Crippen LogP) is 4.35. The first-order valence-corrected chi connectivity index (χ1v) is 9.37. The lowest BCUT2D eigenvalue weighted by molar-refractivity contribution is -0.0315. The van der Waals surface area contributed by atoms with Crippen molar-refractivity contribution in [3.8, 4) is 0 Å². The molecule has 3 rings (SSSR count). The molecule has 1 saturated heterocycles. The van der Waals surface area contributed by atoms with Crippen molar-refractivity contribution in [2.24, 2.45) is 0 Å². The number of hydrogen-bond donors (Lipinski definition) is 1. The van der Waals surface area contributed by atoms with E-state index < -0.39 is 0 Å². The van der Waals surface area contributed by atoms with Crippen molar-refractivity contribution >= 4 is 35.6 Å². The Morgan fingerprint density at radius 1 is 1.12 bits per heavy atom. The number of hydrogen-bond acceptors (Lipinski definition) is 3. The summed E-state index contributed by atoms with van der Waals surface area (Å²) in [6, 6.07) is 6.06. The maximum absolute atomic E-state index is 9.79. The van der Waals surface area contributed by atoms with Crippen molar-refractivity contribution in [2.75, 3.05) is 19.7 Å². The summed E-state index contributed by atoms with van der Waals surface area (Å²) < 4.78 is 6.22. The molecular formula is C18H26Cl3NO2. The zero-order chi connectivity index (χ0) is 16.2. The fourth-order valence-corrected chi connectivity index (χ4v) is 4.43. The number of halogens is 3. The molecule has 0 spiro atoms. The molecule has 2 aliphatic rings. The fraction of sp³-hybridized carbons (Fsp3) is 0.667. The Morgan fingerprint density at radius 3 is 2.50 bits per heavy atom. The Balaban J connectivity index is 0.00000208. The van der Waals surface area contributed by atoms with Crippen molar-refractivity contribution < 1.29 is 9.84 Å². The van der Waals surface area contributed by atoms with E-state index in [9.17, 15) is 5.11 Å². The van der Waals surface area contributed by atoms with Gasteiger partial charge in [-0.2, -0.15) is 0 Å². The smallest absolute Gasteiger partial charge is 0.0730 e. The molecule has 3 unspecified atom stereocenters. The molecule has 1 aromatic carbocycles.